The molecule has 1 N–H and O–H groups in total. The molecule has 0 atom stereocenters. The van der Waals surface area contributed by atoms with Gasteiger partial charge in [0.15, 0.2) is 12.1 Å². The van der Waals surface area contributed by atoms with Crippen LogP contribution < -0.4 is 113 Å². The Morgan fingerprint density at radius 3 is 1.82 bits per heavy atom. The van der Waals surface area contributed by atoms with Crippen molar-refractivity contribution in [3.63, 3.8) is 0 Å². The normalized spacial score (nSPS) is 11.3. The van der Waals surface area contributed by atoms with E-state index in [-0.39, 0.29) is 146 Å². The van der Waals surface area contributed by atoms with Crippen LogP contribution in [0, 0.1) is 5.82 Å². The summed E-state index contributed by atoms with van der Waals surface area (Å²) in [5.74, 6) is -1.44. The maximum Gasteiger partial charge on any atom is 1.00 e. The zero-order chi connectivity index (χ0) is 48.5. The molecule has 7 heterocycles. The molecule has 0 fully saturated rings. The second kappa shape index (κ2) is 41.1. The fourth-order valence-corrected chi connectivity index (χ4v) is 8.12. The number of aldehydes is 1. The van der Waals surface area contributed by atoms with Crippen LogP contribution in [0.4, 0.5) is 8.78 Å². The Hall–Kier alpha value is -1.96. The standard InChI is InChI=1S/C10H13NO2S.C9H11NO2S.C9H7NO2S.C6H4FNO.C3H6O2S.C2H6.CH3F.CH2O3.2K.H/c1-11-4-3-7-5-8(10(12)13-2)14-9(7)6-11;2*1-12-9(11)7-4-6-2-3-10-5-8(6)13-7;7-6-3-8-2-1-5(6)4-9;1-5-3(4)2-6;2*1-2;2-1-4-3;;;/h5H,3-4,6H2,1-2H3;4,10H,2-3,5H2,1H3;2-5H,1H3;1-4H;6H,2H2,1H3;1-2H3;1H3;1,3H;;;/q;;;;;;;;2*+1;-1/p-1/i;;;;;;1D;;;;. The Balaban J connectivity index is -0.000000357. The van der Waals surface area contributed by atoms with E-state index in [1.54, 1.807) is 23.7 Å². The van der Waals surface area contributed by atoms with Crippen molar-refractivity contribution in [1.82, 2.24) is 20.2 Å². The maximum atomic E-state index is 12.3. The minimum Gasteiger partial charge on any atom is -1.00 e. The molecule has 24 heteroatoms. The van der Waals surface area contributed by atoms with Gasteiger partial charge in [-0.05, 0) is 73.3 Å². The molecule has 0 bridgehead atoms. The maximum absolute atomic E-state index is 12.3. The molecule has 5 aromatic heterocycles. The number of carbonyl (C=O) groups excluding carboxylic acids is 6. The summed E-state index contributed by atoms with van der Waals surface area (Å²) in [6, 6.07) is 8.93. The predicted molar refractivity (Wildman–Crippen MR) is 240 cm³/mol. The summed E-state index contributed by atoms with van der Waals surface area (Å²) in [6.07, 6.45) is 8.33. The van der Waals surface area contributed by atoms with Crippen molar-refractivity contribution in [2.45, 2.75) is 39.8 Å². The quantitative estimate of drug-likeness (QED) is 0.0439. The fraction of sp³-hybridized carbons (Fsp3) is 0.366. The van der Waals surface area contributed by atoms with Crippen molar-refractivity contribution >= 4 is 93.4 Å². The molecule has 0 radical (unpaired) electrons. The molecule has 0 amide bonds. The minimum atomic E-state index is -1.00. The topological polar surface area (TPSA) is 213 Å². The number of pyridine rings is 2. The number of likely N-dealkylation sites (N-methyl/N-ethyl adjacent to an activating group) is 1. The van der Waals surface area contributed by atoms with Crippen molar-refractivity contribution in [1.29, 1.82) is 0 Å². The largest absolute Gasteiger partial charge is 1.00 e. The van der Waals surface area contributed by atoms with Gasteiger partial charge in [0, 0.05) is 48.0 Å². The van der Waals surface area contributed by atoms with Crippen LogP contribution in [0.25, 0.3) is 10.1 Å². The van der Waals surface area contributed by atoms with Gasteiger partial charge in [0.2, 0.25) is 0 Å². The number of halogens is 2. The first-order valence-corrected chi connectivity index (χ1v) is 21.4. The fourth-order valence-electron chi connectivity index (χ4n) is 4.73. The Morgan fingerprint density at radius 1 is 0.877 bits per heavy atom. The molecular weight excluding hydrogens is 985 g/mol. The van der Waals surface area contributed by atoms with Gasteiger partial charge in [-0.2, -0.15) is 12.6 Å². The van der Waals surface area contributed by atoms with Crippen molar-refractivity contribution in [2.24, 2.45) is 0 Å². The van der Waals surface area contributed by atoms with Crippen LogP contribution in [-0.4, -0.2) is 113 Å². The monoisotopic (exact) mass is 1040 g/mol. The summed E-state index contributed by atoms with van der Waals surface area (Å²) in [5, 5.41) is 12.7. The zero-order valence-electron chi connectivity index (χ0n) is 39.7. The van der Waals surface area contributed by atoms with Crippen molar-refractivity contribution < 1.29 is 172 Å². The van der Waals surface area contributed by atoms with Gasteiger partial charge in [0.05, 0.1) is 59.2 Å². The van der Waals surface area contributed by atoms with Gasteiger partial charge in [-0.3, -0.25) is 28.7 Å². The van der Waals surface area contributed by atoms with E-state index in [9.17, 15) is 32.8 Å². The third-order valence-corrected chi connectivity index (χ3v) is 11.3. The number of thiol groups is 1. The molecule has 2 aliphatic heterocycles. The third-order valence-electron chi connectivity index (χ3n) is 7.64. The van der Waals surface area contributed by atoms with Crippen molar-refractivity contribution in [2.75, 3.05) is 61.5 Å². The number of nitrogens with zero attached hydrogens (tertiary/aromatic N) is 3. The van der Waals surface area contributed by atoms with Crippen LogP contribution in [-0.2, 0) is 59.4 Å². The number of carbonyl (C=O) groups is 6. The van der Waals surface area contributed by atoms with Gasteiger partial charge >= 0.3 is 127 Å². The SMILES string of the molecule is CC.COC(=O)CS.COC(=O)c1cc2c(s1)CN(C)CC2.COC(=O)c1cc2c(s1)CNCC2.COC(=O)c1cc2ccncc2s1.O=CO[O-].O=Cc1ccncc1F.[2H]CF.[H-].[K+].[K+]. The summed E-state index contributed by atoms with van der Waals surface area (Å²) >= 11 is 8.10. The molecule has 65 heavy (non-hydrogen) atoms. The molecule has 5 aromatic rings. The van der Waals surface area contributed by atoms with Crippen molar-refractivity contribution in [3.8, 4) is 0 Å². The number of alkyl halides is 1. The average molecular weight is 1040 g/mol. The number of rotatable bonds is 6. The number of fused-ring (bicyclic) bond motifs is 3. The van der Waals surface area contributed by atoms with E-state index < -0.39 is 13.0 Å². The summed E-state index contributed by atoms with van der Waals surface area (Å²) in [6.45, 7) is 7.74. The first kappa shape index (κ1) is 65.1. The Morgan fingerprint density at radius 2 is 1.38 bits per heavy atom. The predicted octanol–water partition coefficient (Wildman–Crippen LogP) is 0.0754. The number of hydrogen-bond acceptors (Lipinski definition) is 20. The molecule has 0 spiro atoms. The van der Waals surface area contributed by atoms with Gasteiger partial charge in [0.1, 0.15) is 14.6 Å². The summed E-state index contributed by atoms with van der Waals surface area (Å²) in [4.78, 5) is 79.1. The number of esters is 4. The van der Waals surface area contributed by atoms with Gasteiger partial charge in [-0.15, -0.1) is 34.0 Å². The molecule has 0 aromatic carbocycles. The van der Waals surface area contributed by atoms with E-state index >= 15 is 0 Å². The van der Waals surface area contributed by atoms with Gasteiger partial charge < -0.3 is 40.7 Å². The number of methoxy groups -OCH3 is 4. The minimum absolute atomic E-state index is 0. The van der Waals surface area contributed by atoms with E-state index in [1.165, 1.54) is 84.3 Å². The number of thiophene rings is 3. The Kier molecular flexibility index (Phi) is 41.1. The molecule has 0 saturated carbocycles. The first-order chi connectivity index (χ1) is 30.8. The van der Waals surface area contributed by atoms with Crippen molar-refractivity contribution in [3.05, 3.63) is 102 Å². The first-order valence-electron chi connectivity index (χ1n) is 19.0. The molecule has 0 unspecified atom stereocenters. The van der Waals surface area contributed by atoms with Crippen LogP contribution in [0.3, 0.4) is 0 Å². The average Bonchev–Trinajstić information content (AvgIpc) is 4.10. The summed E-state index contributed by atoms with van der Waals surface area (Å²) < 4.78 is 47.0. The number of aromatic nitrogens is 2. The third kappa shape index (κ3) is 25.8. The van der Waals surface area contributed by atoms with Gasteiger partial charge in [-0.25, -0.2) is 18.8 Å². The van der Waals surface area contributed by atoms with E-state index in [4.69, 9.17) is 16.2 Å². The van der Waals surface area contributed by atoms with Crippen LogP contribution >= 0.6 is 46.6 Å². The summed E-state index contributed by atoms with van der Waals surface area (Å²) in [5.41, 5.74) is 2.66. The molecular formula is C41H52F2K2N4O12S4. The zero-order valence-corrected chi connectivity index (χ0v) is 47.3. The molecule has 0 saturated heterocycles. The van der Waals surface area contributed by atoms with E-state index in [0.717, 1.165) is 65.1 Å². The molecule has 348 valence electrons. The van der Waals surface area contributed by atoms with Crippen LogP contribution in [0.1, 0.15) is 76.9 Å². The number of ether oxygens (including phenoxy) is 4. The second-order valence-electron chi connectivity index (χ2n) is 11.5. The molecule has 2 aliphatic rings. The molecule has 7 rings (SSSR count). The van der Waals surface area contributed by atoms with Crippen LogP contribution in [0.15, 0.2) is 55.1 Å². The number of hydrogen-bond donors (Lipinski definition) is 2. The Bertz CT molecular complexity index is 2110. The van der Waals surface area contributed by atoms with Gasteiger partial charge in [0.25, 0.3) is 6.47 Å². The molecule has 0 aliphatic carbocycles. The molecule has 16 nitrogen and oxygen atoms in total. The van der Waals surface area contributed by atoms with E-state index in [1.807, 2.05) is 38.1 Å². The summed E-state index contributed by atoms with van der Waals surface area (Å²) in [7, 11) is 6.65. The van der Waals surface area contributed by atoms with Crippen LogP contribution in [0.2, 0.25) is 0 Å². The van der Waals surface area contributed by atoms with E-state index in [0.29, 0.717) is 11.2 Å². The Labute approximate surface area is 482 Å². The van der Waals surface area contributed by atoms with E-state index in [2.05, 4.69) is 59.0 Å². The number of nitrogens with one attached hydrogen (secondary N) is 1. The van der Waals surface area contributed by atoms with Crippen LogP contribution in [0.5, 0.6) is 0 Å². The second-order valence-corrected chi connectivity index (χ2v) is 15.1. The van der Waals surface area contributed by atoms with Gasteiger partial charge in [-0.1, -0.05) is 13.8 Å². The smallest absolute Gasteiger partial charge is 1.00 e.